The standard InChI is InChI=1S/C24H38N2O4/c1-17(18-12-9-8-10-13-18)25-21(27)24(5,6)16-20(29-7)19-14-11-15-26(19)22(28)30-23(2,3)4/h8-10,12-13,17,19-20H,11,14-16H2,1-7H3,(H,25,27)/t17-,19+,20+/m1/s1. The summed E-state index contributed by atoms with van der Waals surface area (Å²) in [6, 6.07) is 9.74. The van der Waals surface area contributed by atoms with E-state index in [0.29, 0.717) is 13.0 Å². The number of amides is 2. The molecule has 1 aromatic carbocycles. The molecular formula is C24H38N2O4. The maximum Gasteiger partial charge on any atom is 0.410 e. The van der Waals surface area contributed by atoms with Gasteiger partial charge >= 0.3 is 6.09 Å². The molecule has 0 radical (unpaired) electrons. The van der Waals surface area contributed by atoms with Gasteiger partial charge in [-0.2, -0.15) is 0 Å². The van der Waals surface area contributed by atoms with E-state index < -0.39 is 11.0 Å². The van der Waals surface area contributed by atoms with Gasteiger partial charge in [0.1, 0.15) is 5.60 Å². The average molecular weight is 419 g/mol. The fourth-order valence-corrected chi connectivity index (χ4v) is 3.92. The number of methoxy groups -OCH3 is 1. The number of nitrogens with zero attached hydrogens (tertiary/aromatic N) is 1. The van der Waals surface area contributed by atoms with Crippen LogP contribution in [0.4, 0.5) is 4.79 Å². The third-order valence-electron chi connectivity index (χ3n) is 5.63. The molecule has 1 aliphatic heterocycles. The van der Waals surface area contributed by atoms with Crippen LogP contribution in [0.3, 0.4) is 0 Å². The summed E-state index contributed by atoms with van der Waals surface area (Å²) in [5, 5.41) is 3.12. The molecule has 1 heterocycles. The molecule has 30 heavy (non-hydrogen) atoms. The molecule has 0 spiro atoms. The summed E-state index contributed by atoms with van der Waals surface area (Å²) >= 11 is 0. The third kappa shape index (κ3) is 6.46. The summed E-state index contributed by atoms with van der Waals surface area (Å²) < 4.78 is 11.4. The van der Waals surface area contributed by atoms with Gasteiger partial charge in [0.05, 0.1) is 18.2 Å². The molecule has 1 saturated heterocycles. The maximum atomic E-state index is 13.0. The molecule has 0 bridgehead atoms. The highest BCUT2D eigenvalue weighted by molar-refractivity contribution is 5.82. The Labute approximate surface area is 181 Å². The van der Waals surface area contributed by atoms with E-state index in [9.17, 15) is 9.59 Å². The molecule has 1 fully saturated rings. The van der Waals surface area contributed by atoms with Gasteiger partial charge in [0.25, 0.3) is 0 Å². The van der Waals surface area contributed by atoms with Crippen LogP contribution < -0.4 is 5.32 Å². The summed E-state index contributed by atoms with van der Waals surface area (Å²) in [5.74, 6) is -0.0253. The first-order valence-corrected chi connectivity index (χ1v) is 10.8. The zero-order valence-corrected chi connectivity index (χ0v) is 19.5. The van der Waals surface area contributed by atoms with E-state index in [0.717, 1.165) is 18.4 Å². The minimum absolute atomic E-state index is 0.0253. The molecule has 2 rings (SSSR count). The topological polar surface area (TPSA) is 67.9 Å². The van der Waals surface area contributed by atoms with Crippen molar-refractivity contribution in [3.63, 3.8) is 0 Å². The van der Waals surface area contributed by atoms with Crippen LogP contribution in [0.2, 0.25) is 0 Å². The minimum atomic E-state index is -0.647. The first-order chi connectivity index (χ1) is 13.9. The molecule has 0 aromatic heterocycles. The fraction of sp³-hybridized carbons (Fsp3) is 0.667. The van der Waals surface area contributed by atoms with Gasteiger partial charge in [-0.15, -0.1) is 0 Å². The van der Waals surface area contributed by atoms with E-state index >= 15 is 0 Å². The van der Waals surface area contributed by atoms with Gasteiger partial charge in [0.15, 0.2) is 0 Å². The summed E-state index contributed by atoms with van der Waals surface area (Å²) in [5.41, 5.74) is -0.123. The molecule has 168 valence electrons. The van der Waals surface area contributed by atoms with E-state index in [1.807, 2.05) is 71.9 Å². The van der Waals surface area contributed by atoms with Crippen LogP contribution in [0, 0.1) is 5.41 Å². The lowest BCUT2D eigenvalue weighted by Gasteiger charge is -2.36. The van der Waals surface area contributed by atoms with Gasteiger partial charge in [-0.3, -0.25) is 4.79 Å². The second-order valence-corrected chi connectivity index (χ2v) is 9.85. The van der Waals surface area contributed by atoms with Gasteiger partial charge in [0.2, 0.25) is 5.91 Å². The van der Waals surface area contributed by atoms with Crippen LogP contribution in [0.25, 0.3) is 0 Å². The van der Waals surface area contributed by atoms with Gasteiger partial charge in [0, 0.05) is 19.1 Å². The summed E-state index contributed by atoms with van der Waals surface area (Å²) in [4.78, 5) is 27.5. The summed E-state index contributed by atoms with van der Waals surface area (Å²) in [6.07, 6.45) is 1.71. The number of hydrogen-bond donors (Lipinski definition) is 1. The van der Waals surface area contributed by atoms with Crippen LogP contribution in [-0.4, -0.2) is 48.3 Å². The predicted molar refractivity (Wildman–Crippen MR) is 118 cm³/mol. The number of rotatable bonds is 7. The molecular weight excluding hydrogens is 380 g/mol. The van der Waals surface area contributed by atoms with Crippen molar-refractivity contribution in [2.45, 2.75) is 84.6 Å². The lowest BCUT2D eigenvalue weighted by atomic mass is 9.82. The molecule has 6 nitrogen and oxygen atoms in total. The fourth-order valence-electron chi connectivity index (χ4n) is 3.92. The Morgan fingerprint density at radius 3 is 2.37 bits per heavy atom. The Morgan fingerprint density at radius 1 is 1.17 bits per heavy atom. The molecule has 2 amide bonds. The summed E-state index contributed by atoms with van der Waals surface area (Å²) in [6.45, 7) is 12.1. The van der Waals surface area contributed by atoms with Crippen LogP contribution >= 0.6 is 0 Å². The number of nitrogens with one attached hydrogen (secondary N) is 1. The molecule has 1 aromatic rings. The van der Waals surface area contributed by atoms with Crippen molar-refractivity contribution < 1.29 is 19.1 Å². The zero-order valence-electron chi connectivity index (χ0n) is 19.5. The van der Waals surface area contributed by atoms with Crippen molar-refractivity contribution in [2.24, 2.45) is 5.41 Å². The second kappa shape index (κ2) is 9.82. The SMILES string of the molecule is CO[C@@H](CC(C)(C)C(=O)N[C@H](C)c1ccccc1)[C@@H]1CCCN1C(=O)OC(C)(C)C. The number of carbonyl (C=O) groups excluding carboxylic acids is 2. The lowest BCUT2D eigenvalue weighted by Crippen LogP contribution is -2.49. The highest BCUT2D eigenvalue weighted by atomic mass is 16.6. The second-order valence-electron chi connectivity index (χ2n) is 9.85. The van der Waals surface area contributed by atoms with Crippen molar-refractivity contribution in [2.75, 3.05) is 13.7 Å². The van der Waals surface area contributed by atoms with Crippen molar-refractivity contribution in [1.82, 2.24) is 10.2 Å². The van der Waals surface area contributed by atoms with E-state index in [2.05, 4.69) is 5.32 Å². The third-order valence-corrected chi connectivity index (χ3v) is 5.63. The van der Waals surface area contributed by atoms with Crippen molar-refractivity contribution in [3.8, 4) is 0 Å². The Balaban J connectivity index is 2.05. The van der Waals surface area contributed by atoms with Gasteiger partial charge in [-0.1, -0.05) is 44.2 Å². The number of carbonyl (C=O) groups is 2. The molecule has 3 atom stereocenters. The Hall–Kier alpha value is -2.08. The maximum absolute atomic E-state index is 13.0. The first-order valence-electron chi connectivity index (χ1n) is 10.8. The smallest absolute Gasteiger partial charge is 0.410 e. The summed E-state index contributed by atoms with van der Waals surface area (Å²) in [7, 11) is 1.65. The average Bonchev–Trinajstić information content (AvgIpc) is 3.15. The van der Waals surface area contributed by atoms with Crippen LogP contribution in [-0.2, 0) is 14.3 Å². The number of ether oxygens (including phenoxy) is 2. The van der Waals surface area contributed by atoms with E-state index in [-0.39, 0.29) is 30.2 Å². The molecule has 1 aliphatic rings. The number of hydrogen-bond acceptors (Lipinski definition) is 4. The van der Waals surface area contributed by atoms with Crippen LogP contribution in [0.1, 0.15) is 72.4 Å². The Morgan fingerprint density at radius 2 is 1.80 bits per heavy atom. The Bertz CT molecular complexity index is 712. The van der Waals surface area contributed by atoms with Gasteiger partial charge in [-0.05, 0) is 52.5 Å². The molecule has 0 saturated carbocycles. The van der Waals surface area contributed by atoms with Crippen molar-refractivity contribution in [1.29, 1.82) is 0 Å². The van der Waals surface area contributed by atoms with Gasteiger partial charge in [-0.25, -0.2) is 4.79 Å². The molecule has 0 unspecified atom stereocenters. The largest absolute Gasteiger partial charge is 0.444 e. The van der Waals surface area contributed by atoms with E-state index in [1.54, 1.807) is 12.0 Å². The van der Waals surface area contributed by atoms with Crippen molar-refractivity contribution in [3.05, 3.63) is 35.9 Å². The monoisotopic (exact) mass is 418 g/mol. The highest BCUT2D eigenvalue weighted by Gasteiger charge is 2.41. The minimum Gasteiger partial charge on any atom is -0.444 e. The normalized spacial score (nSPS) is 19.3. The van der Waals surface area contributed by atoms with Crippen LogP contribution in [0.15, 0.2) is 30.3 Å². The quantitative estimate of drug-likeness (QED) is 0.697. The molecule has 1 N–H and O–H groups in total. The van der Waals surface area contributed by atoms with E-state index in [1.165, 1.54) is 0 Å². The molecule has 0 aliphatic carbocycles. The number of benzene rings is 1. The van der Waals surface area contributed by atoms with E-state index in [4.69, 9.17) is 9.47 Å². The Kier molecular flexibility index (Phi) is 7.92. The predicted octanol–water partition coefficient (Wildman–Crippen LogP) is 4.69. The number of likely N-dealkylation sites (tertiary alicyclic amines) is 1. The first kappa shape index (κ1) is 24.2. The highest BCUT2D eigenvalue weighted by Crippen LogP contribution is 2.32. The van der Waals surface area contributed by atoms with Crippen LogP contribution in [0.5, 0.6) is 0 Å². The van der Waals surface area contributed by atoms with Gasteiger partial charge < -0.3 is 19.7 Å². The van der Waals surface area contributed by atoms with Crippen molar-refractivity contribution >= 4 is 12.0 Å². The zero-order chi connectivity index (χ0) is 22.5. The molecule has 6 heteroatoms. The lowest BCUT2D eigenvalue weighted by molar-refractivity contribution is -0.132.